The summed E-state index contributed by atoms with van der Waals surface area (Å²) in [6.45, 7) is 10.7. The summed E-state index contributed by atoms with van der Waals surface area (Å²) in [5.74, 6) is -0.0748. The Balaban J connectivity index is 0.000000564. The Hall–Kier alpha value is -5.03. The molecule has 0 bridgehead atoms. The molecule has 0 aliphatic heterocycles. The molecule has 11 heteroatoms. The second-order valence-electron chi connectivity index (χ2n) is 10.1. The van der Waals surface area contributed by atoms with E-state index < -0.39 is 5.41 Å². The number of fused-ring (bicyclic) bond motifs is 1. The number of aromatic nitrogens is 3. The highest BCUT2D eigenvalue weighted by Crippen LogP contribution is 2.26. The molecule has 4 N–H and O–H groups in total. The molecule has 0 fully saturated rings. The van der Waals surface area contributed by atoms with E-state index in [2.05, 4.69) is 30.9 Å². The van der Waals surface area contributed by atoms with Crippen molar-refractivity contribution in [2.45, 2.75) is 53.9 Å². The second kappa shape index (κ2) is 15.5. The molecule has 0 saturated carbocycles. The molecule has 11 nitrogen and oxygen atoms in total. The van der Waals surface area contributed by atoms with Crippen LogP contribution in [0.15, 0.2) is 42.2 Å². The van der Waals surface area contributed by atoms with Gasteiger partial charge < -0.3 is 20.9 Å². The zero-order valence-electron chi connectivity index (χ0n) is 24.1. The van der Waals surface area contributed by atoms with Crippen molar-refractivity contribution in [3.8, 4) is 12.1 Å². The number of nitrogens with zero attached hydrogens (tertiary/aromatic N) is 4. The zero-order chi connectivity index (χ0) is 30.4. The molecule has 1 aromatic carbocycles. The van der Waals surface area contributed by atoms with Crippen molar-refractivity contribution in [2.75, 3.05) is 18.4 Å². The van der Waals surface area contributed by atoms with Crippen LogP contribution in [0.5, 0.6) is 0 Å². The summed E-state index contributed by atoms with van der Waals surface area (Å²) in [6, 6.07) is 10.9. The fourth-order valence-corrected chi connectivity index (χ4v) is 3.39. The molecule has 214 valence electrons. The van der Waals surface area contributed by atoms with Gasteiger partial charge in [0.2, 0.25) is 5.91 Å². The molecule has 3 aromatic rings. The minimum Gasteiger partial charge on any atom is -0.355 e. The molecule has 2 aromatic heterocycles. The molecule has 0 saturated heterocycles. The predicted octanol–water partition coefficient (Wildman–Crippen LogP) is 4.79. The third-order valence-electron chi connectivity index (χ3n) is 5.51. The number of Topliss-reactive ketones (excluding diaryl/α,β-unsaturated/α-hetero) is 1. The quantitative estimate of drug-likeness (QED) is 0.156. The lowest BCUT2D eigenvalue weighted by atomic mass is 9.87. The first-order valence-electron chi connectivity index (χ1n) is 13.3. The summed E-state index contributed by atoms with van der Waals surface area (Å²) in [6.07, 6.45) is 6.46. The maximum atomic E-state index is 12.7. The van der Waals surface area contributed by atoms with E-state index in [0.29, 0.717) is 35.6 Å². The van der Waals surface area contributed by atoms with Gasteiger partial charge in [-0.15, -0.1) is 0 Å². The monoisotopic (exact) mass is 556 g/mol. The molecule has 0 aliphatic rings. The molecule has 0 aliphatic carbocycles. The highest BCUT2D eigenvalue weighted by Gasteiger charge is 2.26. The molecule has 0 radical (unpaired) electrons. The van der Waals surface area contributed by atoms with Crippen molar-refractivity contribution < 1.29 is 14.4 Å². The van der Waals surface area contributed by atoms with E-state index in [4.69, 9.17) is 5.26 Å². The number of carbonyl (C=O) groups is 3. The summed E-state index contributed by atoms with van der Waals surface area (Å²) < 4.78 is 0. The van der Waals surface area contributed by atoms with Crippen LogP contribution in [-0.2, 0) is 9.59 Å². The van der Waals surface area contributed by atoms with E-state index in [1.807, 2.05) is 52.8 Å². The van der Waals surface area contributed by atoms with Crippen LogP contribution in [0.25, 0.3) is 17.2 Å². The summed E-state index contributed by atoms with van der Waals surface area (Å²) >= 11 is 0. The lowest BCUT2D eigenvalue weighted by Gasteiger charge is -2.15. The first kappa shape index (κ1) is 32.2. The summed E-state index contributed by atoms with van der Waals surface area (Å²) in [4.78, 5) is 47.1. The van der Waals surface area contributed by atoms with Gasteiger partial charge in [-0.2, -0.15) is 10.5 Å². The highest BCUT2D eigenvalue weighted by molar-refractivity contribution is 6.08. The van der Waals surface area contributed by atoms with Gasteiger partial charge in [0.1, 0.15) is 29.4 Å². The summed E-state index contributed by atoms with van der Waals surface area (Å²) in [7, 11) is 0. The summed E-state index contributed by atoms with van der Waals surface area (Å²) in [5, 5.41) is 25.7. The predicted molar refractivity (Wildman–Crippen MR) is 158 cm³/mol. The zero-order valence-corrected chi connectivity index (χ0v) is 24.1. The normalized spacial score (nSPS) is 11.0. The number of anilines is 2. The van der Waals surface area contributed by atoms with Crippen LogP contribution in [0.1, 0.15) is 69.8 Å². The van der Waals surface area contributed by atoms with Crippen molar-refractivity contribution in [2.24, 2.45) is 5.41 Å². The molecule has 41 heavy (non-hydrogen) atoms. The third-order valence-corrected chi connectivity index (χ3v) is 5.51. The van der Waals surface area contributed by atoms with Crippen LogP contribution >= 0.6 is 0 Å². The minimum absolute atomic E-state index is 0.0115. The van der Waals surface area contributed by atoms with Gasteiger partial charge in [0.25, 0.3) is 5.91 Å². The number of amides is 2. The van der Waals surface area contributed by atoms with Crippen molar-refractivity contribution >= 4 is 46.3 Å². The number of nitrogens with one attached hydrogen (secondary N) is 4. The van der Waals surface area contributed by atoms with Gasteiger partial charge in [0.05, 0.1) is 17.8 Å². The van der Waals surface area contributed by atoms with E-state index in [9.17, 15) is 19.6 Å². The average Bonchev–Trinajstić information content (AvgIpc) is 3.37. The standard InChI is InChI=1S/C24H26N6O2.C6H10N2O/c1-5-10-26-23(32)16(12-25)11-15-6-8-17(9-7-15)29-19-14-28-22-20(30-19)18(13-27-22)21(31)24(2,3)4;1-2-5-8-6(9)3-4-7/h6-9,11,13-14H,5,10H2,1-4H3,(H,26,32)(H,27,28)(H,29,30);2-3,5H2,1H3,(H,8,9)/b16-11+;. The largest absolute Gasteiger partial charge is 0.355 e. The fourth-order valence-electron chi connectivity index (χ4n) is 3.39. The average molecular weight is 557 g/mol. The number of carbonyl (C=O) groups excluding carboxylic acids is 3. The van der Waals surface area contributed by atoms with Crippen LogP contribution in [-0.4, -0.2) is 45.6 Å². The van der Waals surface area contributed by atoms with Crippen molar-refractivity contribution in [3.63, 3.8) is 0 Å². The highest BCUT2D eigenvalue weighted by atomic mass is 16.2. The maximum Gasteiger partial charge on any atom is 0.261 e. The fraction of sp³-hybridized carbons (Fsp3) is 0.367. The SMILES string of the molecule is CCCNC(=O)/C(C#N)=C/c1ccc(Nc2cnc3[nH]cc(C(=O)C(C)(C)C)c3n2)cc1.CCCNC(=O)CC#N. The lowest BCUT2D eigenvalue weighted by molar-refractivity contribution is -0.120. The number of aromatic amines is 1. The number of benzene rings is 1. The van der Waals surface area contributed by atoms with Crippen LogP contribution in [0, 0.1) is 28.1 Å². The molecular weight excluding hydrogens is 520 g/mol. The Kier molecular flexibility index (Phi) is 12.2. The molecule has 0 atom stereocenters. The van der Waals surface area contributed by atoms with Gasteiger partial charge in [0, 0.05) is 30.4 Å². The Bertz CT molecular complexity index is 1470. The maximum absolute atomic E-state index is 12.7. The smallest absolute Gasteiger partial charge is 0.261 e. The van der Waals surface area contributed by atoms with E-state index in [1.165, 1.54) is 0 Å². The Labute approximate surface area is 240 Å². The number of hydrogen-bond acceptors (Lipinski definition) is 8. The van der Waals surface area contributed by atoms with Crippen LogP contribution in [0.2, 0.25) is 0 Å². The first-order chi connectivity index (χ1) is 19.5. The van der Waals surface area contributed by atoms with E-state index >= 15 is 0 Å². The molecule has 2 amide bonds. The Morgan fingerprint density at radius 2 is 1.68 bits per heavy atom. The van der Waals surface area contributed by atoms with Crippen molar-refractivity contribution in [1.29, 1.82) is 10.5 Å². The van der Waals surface area contributed by atoms with Crippen LogP contribution < -0.4 is 16.0 Å². The molecule has 3 rings (SSSR count). The summed E-state index contributed by atoms with van der Waals surface area (Å²) in [5.41, 5.74) is 2.58. The van der Waals surface area contributed by atoms with E-state index in [1.54, 1.807) is 36.7 Å². The number of ketones is 1. The van der Waals surface area contributed by atoms with Crippen molar-refractivity contribution in [3.05, 3.63) is 53.4 Å². The Morgan fingerprint density at radius 3 is 2.27 bits per heavy atom. The van der Waals surface area contributed by atoms with Crippen LogP contribution in [0.3, 0.4) is 0 Å². The van der Waals surface area contributed by atoms with Gasteiger partial charge in [-0.05, 0) is 36.6 Å². The second-order valence-corrected chi connectivity index (χ2v) is 10.1. The third kappa shape index (κ3) is 9.90. The van der Waals surface area contributed by atoms with Crippen molar-refractivity contribution in [1.82, 2.24) is 25.6 Å². The number of rotatable bonds is 10. The minimum atomic E-state index is -0.528. The molecule has 0 unspecified atom stereocenters. The van der Waals surface area contributed by atoms with Gasteiger partial charge >= 0.3 is 0 Å². The number of nitriles is 2. The Morgan fingerprint density at radius 1 is 1.02 bits per heavy atom. The topological polar surface area (TPSA) is 176 Å². The molecule has 0 spiro atoms. The number of H-pyrrole nitrogens is 1. The van der Waals surface area contributed by atoms with Gasteiger partial charge in [-0.1, -0.05) is 46.8 Å². The van der Waals surface area contributed by atoms with Gasteiger partial charge in [-0.25, -0.2) is 9.97 Å². The van der Waals surface area contributed by atoms with Gasteiger partial charge in [0.15, 0.2) is 11.4 Å². The molecule has 2 heterocycles. The first-order valence-corrected chi connectivity index (χ1v) is 13.3. The number of hydrogen-bond donors (Lipinski definition) is 4. The van der Waals surface area contributed by atoms with Crippen LogP contribution in [0.4, 0.5) is 11.5 Å². The molecular formula is C30H36N8O3. The van der Waals surface area contributed by atoms with Gasteiger partial charge in [-0.3, -0.25) is 14.4 Å². The van der Waals surface area contributed by atoms with E-state index in [-0.39, 0.29) is 29.6 Å². The lowest BCUT2D eigenvalue weighted by Crippen LogP contribution is -2.25. The van der Waals surface area contributed by atoms with E-state index in [0.717, 1.165) is 24.1 Å².